The first-order valence-electron chi connectivity index (χ1n) is 14.2. The van der Waals surface area contributed by atoms with Crippen molar-refractivity contribution in [1.82, 2.24) is 14.5 Å². The van der Waals surface area contributed by atoms with Crippen molar-refractivity contribution >= 4 is 44.0 Å². The number of pyridine rings is 2. The summed E-state index contributed by atoms with van der Waals surface area (Å²) in [5.74, 6) is 1.28. The van der Waals surface area contributed by atoms with Gasteiger partial charge in [-0.25, -0.2) is 0 Å². The molecule has 4 heterocycles. The standard InChI is InChI=1S/C36H33N3O3/c1-35(2,3)21-11-14-29(40)28(19-21)39-27-10-8-7-9-23(27)24-13-16-31(38-34(24)39)41-22-12-15-30-25(20-22)32-33(42-30)26(17-18-37-32)36(4,5)6/h7-20,40H,1-6H3. The molecule has 6 nitrogen and oxygen atoms in total. The van der Waals surface area contributed by atoms with E-state index in [1.807, 2.05) is 71.4 Å². The van der Waals surface area contributed by atoms with E-state index in [0.717, 1.165) is 49.5 Å². The zero-order chi connectivity index (χ0) is 29.4. The lowest BCUT2D eigenvalue weighted by Crippen LogP contribution is -2.11. The average molecular weight is 556 g/mol. The molecule has 0 atom stereocenters. The molecule has 0 saturated heterocycles. The van der Waals surface area contributed by atoms with Crippen molar-refractivity contribution in [2.45, 2.75) is 52.4 Å². The summed E-state index contributed by atoms with van der Waals surface area (Å²) in [5.41, 5.74) is 6.83. The molecule has 0 amide bonds. The second-order valence-corrected chi connectivity index (χ2v) is 13.0. The van der Waals surface area contributed by atoms with Crippen molar-refractivity contribution in [2.75, 3.05) is 0 Å². The number of fused-ring (bicyclic) bond motifs is 6. The molecule has 0 bridgehead atoms. The molecule has 1 N–H and O–H groups in total. The highest BCUT2D eigenvalue weighted by Gasteiger charge is 2.23. The Morgan fingerprint density at radius 2 is 1.60 bits per heavy atom. The summed E-state index contributed by atoms with van der Waals surface area (Å²) in [6.07, 6.45) is 1.84. The molecule has 0 fully saturated rings. The van der Waals surface area contributed by atoms with Gasteiger partial charge in [0, 0.05) is 28.6 Å². The Morgan fingerprint density at radius 1 is 0.786 bits per heavy atom. The topological polar surface area (TPSA) is 73.3 Å². The van der Waals surface area contributed by atoms with Crippen LogP contribution in [0.2, 0.25) is 0 Å². The summed E-state index contributed by atoms with van der Waals surface area (Å²) in [7, 11) is 0. The van der Waals surface area contributed by atoms with Crippen molar-refractivity contribution in [3.8, 4) is 23.1 Å². The van der Waals surface area contributed by atoms with Crippen LogP contribution >= 0.6 is 0 Å². The van der Waals surface area contributed by atoms with Gasteiger partial charge in [0.05, 0.1) is 16.6 Å². The van der Waals surface area contributed by atoms with Crippen LogP contribution in [0.4, 0.5) is 0 Å². The molecule has 4 aromatic heterocycles. The highest BCUT2D eigenvalue weighted by molar-refractivity contribution is 6.08. The lowest BCUT2D eigenvalue weighted by atomic mass is 9.87. The van der Waals surface area contributed by atoms with Crippen molar-refractivity contribution in [1.29, 1.82) is 0 Å². The SMILES string of the molecule is CC(C)(C)c1ccc(O)c(-n2c3ccccc3c3ccc(Oc4ccc5oc6c(C(C)(C)C)ccnc6c5c4)nc32)c1. The third-order valence-corrected chi connectivity index (χ3v) is 7.93. The maximum Gasteiger partial charge on any atom is 0.221 e. The van der Waals surface area contributed by atoms with Crippen LogP contribution in [0.1, 0.15) is 52.7 Å². The van der Waals surface area contributed by atoms with Crippen molar-refractivity contribution in [3.05, 3.63) is 96.2 Å². The van der Waals surface area contributed by atoms with E-state index >= 15 is 0 Å². The van der Waals surface area contributed by atoms with Gasteiger partial charge in [0.2, 0.25) is 5.88 Å². The lowest BCUT2D eigenvalue weighted by Gasteiger charge is -2.21. The van der Waals surface area contributed by atoms with Gasteiger partial charge in [0.1, 0.15) is 28.2 Å². The number of phenols is 1. The van der Waals surface area contributed by atoms with Gasteiger partial charge in [-0.2, -0.15) is 4.98 Å². The van der Waals surface area contributed by atoms with Crippen LogP contribution < -0.4 is 4.74 Å². The number of rotatable bonds is 3. The highest BCUT2D eigenvalue weighted by atomic mass is 16.5. The number of para-hydroxylation sites is 1. The number of furan rings is 1. The van der Waals surface area contributed by atoms with Crippen LogP contribution in [0, 0.1) is 0 Å². The summed E-state index contributed by atoms with van der Waals surface area (Å²) in [4.78, 5) is 9.63. The van der Waals surface area contributed by atoms with Crippen LogP contribution in [0.5, 0.6) is 17.4 Å². The first-order valence-corrected chi connectivity index (χ1v) is 14.2. The molecule has 0 spiro atoms. The Morgan fingerprint density at radius 3 is 2.38 bits per heavy atom. The summed E-state index contributed by atoms with van der Waals surface area (Å²) < 4.78 is 14.6. The summed E-state index contributed by atoms with van der Waals surface area (Å²) in [6.45, 7) is 13.0. The van der Waals surface area contributed by atoms with Gasteiger partial charge in [-0.15, -0.1) is 0 Å². The Hall–Kier alpha value is -4.84. The molecule has 0 radical (unpaired) electrons. The number of hydrogen-bond donors (Lipinski definition) is 1. The predicted octanol–water partition coefficient (Wildman–Crippen LogP) is 9.57. The predicted molar refractivity (Wildman–Crippen MR) is 169 cm³/mol. The van der Waals surface area contributed by atoms with E-state index in [4.69, 9.17) is 14.1 Å². The molecule has 7 aromatic rings. The Bertz CT molecular complexity index is 2160. The third-order valence-electron chi connectivity index (χ3n) is 7.93. The number of ether oxygens (including phenoxy) is 1. The Balaban J connectivity index is 1.37. The molecule has 6 heteroatoms. The van der Waals surface area contributed by atoms with Crippen LogP contribution in [-0.2, 0) is 10.8 Å². The molecular weight excluding hydrogens is 522 g/mol. The minimum atomic E-state index is -0.0820. The highest BCUT2D eigenvalue weighted by Crippen LogP contribution is 2.39. The fraction of sp³-hybridized carbons (Fsp3) is 0.222. The lowest BCUT2D eigenvalue weighted by molar-refractivity contribution is 0.464. The van der Waals surface area contributed by atoms with Gasteiger partial charge in [-0.1, -0.05) is 65.8 Å². The van der Waals surface area contributed by atoms with Gasteiger partial charge in [-0.05, 0) is 64.9 Å². The van der Waals surface area contributed by atoms with E-state index in [9.17, 15) is 5.11 Å². The minimum absolute atomic E-state index is 0.0764. The number of nitrogens with zero attached hydrogens (tertiary/aromatic N) is 3. The average Bonchev–Trinajstić information content (AvgIpc) is 3.47. The van der Waals surface area contributed by atoms with E-state index < -0.39 is 0 Å². The second-order valence-electron chi connectivity index (χ2n) is 13.0. The first kappa shape index (κ1) is 26.1. The van der Waals surface area contributed by atoms with Crippen LogP contribution in [0.3, 0.4) is 0 Å². The van der Waals surface area contributed by atoms with Crippen molar-refractivity contribution < 1.29 is 14.3 Å². The Labute approximate surface area is 244 Å². The van der Waals surface area contributed by atoms with E-state index in [-0.39, 0.29) is 16.6 Å². The van der Waals surface area contributed by atoms with Crippen LogP contribution in [0.25, 0.3) is 49.7 Å². The van der Waals surface area contributed by atoms with E-state index in [1.165, 1.54) is 0 Å². The molecule has 3 aromatic carbocycles. The summed E-state index contributed by atoms with van der Waals surface area (Å²) >= 11 is 0. The molecule has 0 saturated carbocycles. The van der Waals surface area contributed by atoms with Gasteiger partial charge in [0.25, 0.3) is 0 Å². The molecule has 0 aliphatic heterocycles. The van der Waals surface area contributed by atoms with E-state index in [0.29, 0.717) is 23.0 Å². The number of hydrogen-bond acceptors (Lipinski definition) is 5. The number of benzene rings is 3. The molecule has 7 rings (SSSR count). The molecule has 210 valence electrons. The second kappa shape index (κ2) is 9.08. The monoisotopic (exact) mass is 555 g/mol. The summed E-state index contributed by atoms with van der Waals surface area (Å²) in [6, 6.07) is 25.7. The quantitative estimate of drug-likeness (QED) is 0.235. The molecular formula is C36H33N3O3. The largest absolute Gasteiger partial charge is 0.506 e. The number of phenolic OH excluding ortho intramolecular Hbond substituents is 1. The van der Waals surface area contributed by atoms with Gasteiger partial charge in [-0.3, -0.25) is 9.55 Å². The van der Waals surface area contributed by atoms with Gasteiger partial charge >= 0.3 is 0 Å². The maximum absolute atomic E-state index is 11.0. The number of aromatic nitrogens is 3. The van der Waals surface area contributed by atoms with Crippen LogP contribution in [-0.4, -0.2) is 19.6 Å². The fourth-order valence-corrected chi connectivity index (χ4v) is 5.70. The molecule has 0 aliphatic carbocycles. The summed E-state index contributed by atoms with van der Waals surface area (Å²) in [5, 5.41) is 14.0. The smallest absolute Gasteiger partial charge is 0.221 e. The number of aromatic hydroxyl groups is 1. The minimum Gasteiger partial charge on any atom is -0.506 e. The van der Waals surface area contributed by atoms with Crippen LogP contribution in [0.15, 0.2) is 89.5 Å². The normalized spacial score (nSPS) is 12.6. The third kappa shape index (κ3) is 4.17. The first-order chi connectivity index (χ1) is 20.0. The van der Waals surface area contributed by atoms with Gasteiger partial charge < -0.3 is 14.3 Å². The van der Waals surface area contributed by atoms with Crippen molar-refractivity contribution in [3.63, 3.8) is 0 Å². The molecule has 0 unspecified atom stereocenters. The molecule has 42 heavy (non-hydrogen) atoms. The van der Waals surface area contributed by atoms with E-state index in [2.05, 4.69) is 58.7 Å². The zero-order valence-electron chi connectivity index (χ0n) is 24.7. The van der Waals surface area contributed by atoms with Crippen molar-refractivity contribution in [2.24, 2.45) is 0 Å². The Kier molecular flexibility index (Phi) is 5.64. The fourth-order valence-electron chi connectivity index (χ4n) is 5.70. The van der Waals surface area contributed by atoms with Gasteiger partial charge in [0.15, 0.2) is 5.58 Å². The maximum atomic E-state index is 11.0. The molecule has 0 aliphatic rings. The zero-order valence-corrected chi connectivity index (χ0v) is 24.7. The van der Waals surface area contributed by atoms with E-state index in [1.54, 1.807) is 6.07 Å².